The molecule has 0 fully saturated rings. The summed E-state index contributed by atoms with van der Waals surface area (Å²) in [5.41, 5.74) is 7.27. The molecule has 0 aliphatic rings. The second-order valence-corrected chi connectivity index (χ2v) is 5.71. The lowest BCUT2D eigenvalue weighted by Gasteiger charge is -2.26. The van der Waals surface area contributed by atoms with Crippen molar-refractivity contribution in [3.8, 4) is 0 Å². The lowest BCUT2D eigenvalue weighted by atomic mass is 10.1. The molecule has 0 saturated carbocycles. The summed E-state index contributed by atoms with van der Waals surface area (Å²) in [7, 11) is 0. The number of imidazole rings is 1. The van der Waals surface area contributed by atoms with E-state index in [1.54, 1.807) is 0 Å². The fraction of sp³-hybridized carbons (Fsp3) is 0.769. The maximum Gasteiger partial charge on any atom is 0.127 e. The first-order chi connectivity index (χ1) is 7.29. The van der Waals surface area contributed by atoms with Crippen LogP contribution in [-0.2, 0) is 12.0 Å². The minimum Gasteiger partial charge on any atom is -0.384 e. The van der Waals surface area contributed by atoms with Gasteiger partial charge in [-0.1, -0.05) is 27.2 Å². The Labute approximate surface area is 99.1 Å². The van der Waals surface area contributed by atoms with Crippen LogP contribution in [0.5, 0.6) is 0 Å². The van der Waals surface area contributed by atoms with Crippen LogP contribution in [0.15, 0.2) is 0 Å². The molecule has 92 valence electrons. The minimum absolute atomic E-state index is 0.00266. The highest BCUT2D eigenvalue weighted by atomic mass is 15.2. The van der Waals surface area contributed by atoms with Crippen LogP contribution in [-0.4, -0.2) is 9.55 Å². The van der Waals surface area contributed by atoms with E-state index in [0.717, 1.165) is 30.2 Å². The smallest absolute Gasteiger partial charge is 0.127 e. The Bertz CT molecular complexity index is 356. The van der Waals surface area contributed by atoms with Gasteiger partial charge in [0.25, 0.3) is 0 Å². The molecule has 0 unspecified atom stereocenters. The third-order valence-electron chi connectivity index (χ3n) is 2.69. The summed E-state index contributed by atoms with van der Waals surface area (Å²) in [6, 6.07) is 0. The van der Waals surface area contributed by atoms with E-state index in [0.29, 0.717) is 5.92 Å². The van der Waals surface area contributed by atoms with Gasteiger partial charge < -0.3 is 10.3 Å². The van der Waals surface area contributed by atoms with Crippen LogP contribution in [0.25, 0.3) is 0 Å². The SMILES string of the molecule is CCCc1nc(C(C)C)n(C(C)(C)C)c1N. The van der Waals surface area contributed by atoms with Crippen LogP contribution in [0.4, 0.5) is 5.82 Å². The van der Waals surface area contributed by atoms with Crippen LogP contribution < -0.4 is 5.73 Å². The van der Waals surface area contributed by atoms with E-state index in [2.05, 4.69) is 46.1 Å². The van der Waals surface area contributed by atoms with Gasteiger partial charge in [0.2, 0.25) is 0 Å². The Morgan fingerprint density at radius 1 is 1.31 bits per heavy atom. The van der Waals surface area contributed by atoms with Gasteiger partial charge in [0.1, 0.15) is 11.6 Å². The van der Waals surface area contributed by atoms with Gasteiger partial charge in [-0.05, 0) is 27.2 Å². The van der Waals surface area contributed by atoms with Gasteiger partial charge >= 0.3 is 0 Å². The lowest BCUT2D eigenvalue weighted by molar-refractivity contribution is 0.382. The van der Waals surface area contributed by atoms with Gasteiger partial charge in [0.05, 0.1) is 5.69 Å². The molecule has 3 heteroatoms. The first-order valence-electron chi connectivity index (χ1n) is 6.16. The highest BCUT2D eigenvalue weighted by Gasteiger charge is 2.24. The van der Waals surface area contributed by atoms with Gasteiger partial charge in [0.15, 0.2) is 0 Å². The number of nitrogens with two attached hydrogens (primary N) is 1. The van der Waals surface area contributed by atoms with Gasteiger partial charge in [-0.25, -0.2) is 4.98 Å². The Balaban J connectivity index is 3.32. The molecule has 16 heavy (non-hydrogen) atoms. The molecular weight excluding hydrogens is 198 g/mol. The van der Waals surface area contributed by atoms with Crippen molar-refractivity contribution in [2.75, 3.05) is 5.73 Å². The average Bonchev–Trinajstić information content (AvgIpc) is 2.43. The zero-order valence-electron chi connectivity index (χ0n) is 11.5. The van der Waals surface area contributed by atoms with E-state index in [4.69, 9.17) is 10.7 Å². The predicted octanol–water partition coefficient (Wildman–Crippen LogP) is 3.30. The third-order valence-corrected chi connectivity index (χ3v) is 2.69. The van der Waals surface area contributed by atoms with E-state index < -0.39 is 0 Å². The maximum atomic E-state index is 6.21. The second-order valence-electron chi connectivity index (χ2n) is 5.71. The Morgan fingerprint density at radius 3 is 2.19 bits per heavy atom. The van der Waals surface area contributed by atoms with Crippen molar-refractivity contribution >= 4 is 5.82 Å². The molecule has 1 aromatic heterocycles. The fourth-order valence-electron chi connectivity index (χ4n) is 2.01. The van der Waals surface area contributed by atoms with Crippen molar-refractivity contribution in [2.24, 2.45) is 0 Å². The van der Waals surface area contributed by atoms with Crippen LogP contribution >= 0.6 is 0 Å². The van der Waals surface area contributed by atoms with Crippen molar-refractivity contribution < 1.29 is 0 Å². The molecule has 0 spiro atoms. The number of hydrogen-bond acceptors (Lipinski definition) is 2. The van der Waals surface area contributed by atoms with E-state index in [9.17, 15) is 0 Å². The molecule has 3 nitrogen and oxygen atoms in total. The Kier molecular flexibility index (Phi) is 3.66. The number of nitrogen functional groups attached to an aromatic ring is 1. The molecule has 1 rings (SSSR count). The first-order valence-corrected chi connectivity index (χ1v) is 6.16. The lowest BCUT2D eigenvalue weighted by Crippen LogP contribution is -2.26. The molecule has 0 atom stereocenters. The number of aryl methyl sites for hydroxylation is 1. The van der Waals surface area contributed by atoms with Crippen molar-refractivity contribution in [1.82, 2.24) is 9.55 Å². The molecule has 2 N–H and O–H groups in total. The van der Waals surface area contributed by atoms with Crippen molar-refractivity contribution in [1.29, 1.82) is 0 Å². The molecule has 0 aliphatic heterocycles. The number of rotatable bonds is 3. The summed E-state index contributed by atoms with van der Waals surface area (Å²) >= 11 is 0. The second kappa shape index (κ2) is 4.48. The monoisotopic (exact) mass is 223 g/mol. The Morgan fingerprint density at radius 2 is 1.88 bits per heavy atom. The van der Waals surface area contributed by atoms with Gasteiger partial charge in [-0.15, -0.1) is 0 Å². The maximum absolute atomic E-state index is 6.21. The molecule has 0 amide bonds. The summed E-state index contributed by atoms with van der Waals surface area (Å²) < 4.78 is 2.18. The van der Waals surface area contributed by atoms with Crippen LogP contribution in [0.2, 0.25) is 0 Å². The summed E-state index contributed by atoms with van der Waals surface area (Å²) in [5.74, 6) is 2.36. The number of anilines is 1. The zero-order valence-corrected chi connectivity index (χ0v) is 11.5. The first kappa shape index (κ1) is 13.1. The molecule has 0 saturated heterocycles. The summed E-state index contributed by atoms with van der Waals surface area (Å²) in [6.07, 6.45) is 2.05. The number of nitrogens with zero attached hydrogens (tertiary/aromatic N) is 2. The quantitative estimate of drug-likeness (QED) is 0.854. The van der Waals surface area contributed by atoms with Crippen LogP contribution in [0.1, 0.15) is 65.4 Å². The third kappa shape index (κ3) is 2.39. The number of hydrogen-bond donors (Lipinski definition) is 1. The molecule has 0 aromatic carbocycles. The van der Waals surface area contributed by atoms with Crippen molar-refractivity contribution in [3.63, 3.8) is 0 Å². The molecule has 0 aliphatic carbocycles. The minimum atomic E-state index is 0.00266. The van der Waals surface area contributed by atoms with Gasteiger partial charge in [-0.2, -0.15) is 0 Å². The van der Waals surface area contributed by atoms with Crippen LogP contribution in [0, 0.1) is 0 Å². The van der Waals surface area contributed by atoms with Crippen LogP contribution in [0.3, 0.4) is 0 Å². The molecular formula is C13H25N3. The van der Waals surface area contributed by atoms with E-state index >= 15 is 0 Å². The molecule has 1 heterocycles. The molecule has 0 radical (unpaired) electrons. The average molecular weight is 223 g/mol. The molecule has 0 bridgehead atoms. The van der Waals surface area contributed by atoms with Crippen molar-refractivity contribution in [2.45, 2.75) is 65.8 Å². The fourth-order valence-corrected chi connectivity index (χ4v) is 2.01. The summed E-state index contributed by atoms with van der Waals surface area (Å²) in [4.78, 5) is 4.70. The Hall–Kier alpha value is -0.990. The van der Waals surface area contributed by atoms with Crippen molar-refractivity contribution in [3.05, 3.63) is 11.5 Å². The van der Waals surface area contributed by atoms with Gasteiger partial charge in [-0.3, -0.25) is 0 Å². The van der Waals surface area contributed by atoms with E-state index in [1.807, 2.05) is 0 Å². The molecule has 1 aromatic rings. The normalized spacial score (nSPS) is 12.4. The highest BCUT2D eigenvalue weighted by molar-refractivity contribution is 5.40. The zero-order chi connectivity index (χ0) is 12.5. The summed E-state index contributed by atoms with van der Waals surface area (Å²) in [5, 5.41) is 0. The topological polar surface area (TPSA) is 43.8 Å². The largest absolute Gasteiger partial charge is 0.384 e. The predicted molar refractivity (Wildman–Crippen MR) is 69.7 cm³/mol. The highest BCUT2D eigenvalue weighted by Crippen LogP contribution is 2.29. The number of aromatic nitrogens is 2. The summed E-state index contributed by atoms with van der Waals surface area (Å²) in [6.45, 7) is 13.0. The van der Waals surface area contributed by atoms with Gasteiger partial charge in [0, 0.05) is 11.5 Å². The van der Waals surface area contributed by atoms with E-state index in [-0.39, 0.29) is 5.54 Å². The van der Waals surface area contributed by atoms with E-state index in [1.165, 1.54) is 0 Å². The standard InChI is InChI=1S/C13H25N3/c1-7-8-10-11(14)16(13(4,5)6)12(15-10)9(2)3/h9H,7-8,14H2,1-6H3.